The number of nitrogens with one attached hydrogen (secondary N) is 2. The molecule has 7 heteroatoms. The smallest absolute Gasteiger partial charge is 0.319 e. The molecule has 0 radical (unpaired) electrons. The summed E-state index contributed by atoms with van der Waals surface area (Å²) in [4.78, 5) is 22.9. The number of carboxylic acids is 1. The SMILES string of the molecule is Cc1ccc(C#N)cc1NC(=O)NC1COCC1C(=O)O. The van der Waals surface area contributed by atoms with Gasteiger partial charge in [0.15, 0.2) is 0 Å². The zero-order valence-electron chi connectivity index (χ0n) is 11.4. The highest BCUT2D eigenvalue weighted by molar-refractivity contribution is 5.91. The highest BCUT2D eigenvalue weighted by atomic mass is 16.5. The molecule has 1 aliphatic heterocycles. The Labute approximate surface area is 121 Å². The summed E-state index contributed by atoms with van der Waals surface area (Å²) in [5.41, 5.74) is 1.75. The second kappa shape index (κ2) is 6.24. The highest BCUT2D eigenvalue weighted by Gasteiger charge is 2.35. The summed E-state index contributed by atoms with van der Waals surface area (Å²) in [6.07, 6.45) is 0. The molecule has 1 heterocycles. The summed E-state index contributed by atoms with van der Waals surface area (Å²) >= 11 is 0. The van der Waals surface area contributed by atoms with Crippen LogP contribution < -0.4 is 10.6 Å². The number of carboxylic acid groups (broad SMARTS) is 1. The van der Waals surface area contributed by atoms with Crippen LogP contribution in [0.2, 0.25) is 0 Å². The number of aliphatic carboxylic acids is 1. The summed E-state index contributed by atoms with van der Waals surface area (Å²) < 4.78 is 5.08. The van der Waals surface area contributed by atoms with Gasteiger partial charge >= 0.3 is 12.0 Å². The molecule has 2 atom stereocenters. The Hall–Kier alpha value is -2.59. The van der Waals surface area contributed by atoms with Gasteiger partial charge in [-0.2, -0.15) is 5.26 Å². The first kappa shape index (κ1) is 14.8. The fraction of sp³-hybridized carbons (Fsp3) is 0.357. The molecule has 1 saturated heterocycles. The maximum Gasteiger partial charge on any atom is 0.319 e. The lowest BCUT2D eigenvalue weighted by Crippen LogP contribution is -2.44. The average Bonchev–Trinajstić information content (AvgIpc) is 2.89. The van der Waals surface area contributed by atoms with E-state index < -0.39 is 24.0 Å². The van der Waals surface area contributed by atoms with Crippen LogP contribution in [0.15, 0.2) is 18.2 Å². The first-order valence-corrected chi connectivity index (χ1v) is 6.40. The molecule has 21 heavy (non-hydrogen) atoms. The molecule has 1 aliphatic rings. The molecule has 1 aromatic rings. The fourth-order valence-electron chi connectivity index (χ4n) is 2.09. The van der Waals surface area contributed by atoms with Gasteiger partial charge in [-0.15, -0.1) is 0 Å². The molecule has 7 nitrogen and oxygen atoms in total. The standard InChI is InChI=1S/C14H15N3O4/c1-8-2-3-9(5-15)4-11(8)16-14(20)17-12-7-21-6-10(12)13(18)19/h2-4,10,12H,6-7H2,1H3,(H,18,19)(H2,16,17,20). The lowest BCUT2D eigenvalue weighted by atomic mass is 10.0. The van der Waals surface area contributed by atoms with Gasteiger partial charge in [-0.25, -0.2) is 4.79 Å². The third-order valence-electron chi connectivity index (χ3n) is 3.33. The van der Waals surface area contributed by atoms with Crippen LogP contribution in [-0.4, -0.2) is 36.4 Å². The minimum absolute atomic E-state index is 0.0865. The van der Waals surface area contributed by atoms with Gasteiger partial charge < -0.3 is 20.5 Å². The van der Waals surface area contributed by atoms with Crippen LogP contribution in [0.25, 0.3) is 0 Å². The summed E-state index contributed by atoms with van der Waals surface area (Å²) in [6.45, 7) is 2.06. The number of anilines is 1. The number of nitrogens with zero attached hydrogens (tertiary/aromatic N) is 1. The molecular formula is C14H15N3O4. The van der Waals surface area contributed by atoms with Crippen LogP contribution in [0.1, 0.15) is 11.1 Å². The second-order valence-corrected chi connectivity index (χ2v) is 4.83. The van der Waals surface area contributed by atoms with Gasteiger partial charge in [-0.1, -0.05) is 6.07 Å². The predicted octanol–water partition coefficient (Wildman–Crippen LogP) is 1.09. The maximum absolute atomic E-state index is 11.9. The molecule has 0 saturated carbocycles. The van der Waals surface area contributed by atoms with Crippen LogP contribution in [0.5, 0.6) is 0 Å². The molecule has 0 bridgehead atoms. The number of benzene rings is 1. The van der Waals surface area contributed by atoms with Crippen LogP contribution in [-0.2, 0) is 9.53 Å². The van der Waals surface area contributed by atoms with Crippen molar-refractivity contribution in [3.63, 3.8) is 0 Å². The molecule has 3 N–H and O–H groups in total. The maximum atomic E-state index is 11.9. The molecule has 0 spiro atoms. The number of carbonyl (C=O) groups excluding carboxylic acids is 1. The van der Waals surface area contributed by atoms with Gasteiger partial charge in [0.05, 0.1) is 30.9 Å². The Morgan fingerprint density at radius 3 is 2.86 bits per heavy atom. The van der Waals surface area contributed by atoms with Crippen molar-refractivity contribution in [2.75, 3.05) is 18.5 Å². The Morgan fingerprint density at radius 1 is 1.43 bits per heavy atom. The summed E-state index contributed by atoms with van der Waals surface area (Å²) in [7, 11) is 0. The van der Waals surface area contributed by atoms with Crippen LogP contribution >= 0.6 is 0 Å². The predicted molar refractivity (Wildman–Crippen MR) is 73.8 cm³/mol. The number of urea groups is 1. The molecule has 110 valence electrons. The van der Waals surface area contributed by atoms with Gasteiger partial charge in [0.1, 0.15) is 5.92 Å². The average molecular weight is 289 g/mol. The van der Waals surface area contributed by atoms with E-state index in [1.165, 1.54) is 0 Å². The lowest BCUT2D eigenvalue weighted by Gasteiger charge is -2.17. The number of hydrogen-bond donors (Lipinski definition) is 3. The van der Waals surface area contributed by atoms with Crippen molar-refractivity contribution in [1.29, 1.82) is 5.26 Å². The molecule has 0 aromatic heterocycles. The van der Waals surface area contributed by atoms with Gasteiger partial charge in [0.25, 0.3) is 0 Å². The summed E-state index contributed by atoms with van der Waals surface area (Å²) in [6, 6.07) is 5.86. The largest absolute Gasteiger partial charge is 0.481 e. The van der Waals surface area contributed by atoms with E-state index in [1.807, 2.05) is 6.07 Å². The number of amides is 2. The molecule has 2 unspecified atom stereocenters. The minimum Gasteiger partial charge on any atom is -0.481 e. The molecule has 1 fully saturated rings. The van der Waals surface area contributed by atoms with E-state index in [0.717, 1.165) is 5.56 Å². The van der Waals surface area contributed by atoms with Crippen molar-refractivity contribution in [3.05, 3.63) is 29.3 Å². The van der Waals surface area contributed by atoms with Crippen LogP contribution in [0.4, 0.5) is 10.5 Å². The molecule has 2 rings (SSSR count). The zero-order valence-corrected chi connectivity index (χ0v) is 11.4. The monoisotopic (exact) mass is 289 g/mol. The number of rotatable bonds is 3. The van der Waals surface area contributed by atoms with E-state index in [1.54, 1.807) is 25.1 Å². The van der Waals surface area contributed by atoms with E-state index in [2.05, 4.69) is 10.6 Å². The highest BCUT2D eigenvalue weighted by Crippen LogP contribution is 2.17. The number of aryl methyl sites for hydroxylation is 1. The van der Waals surface area contributed by atoms with Crippen molar-refractivity contribution >= 4 is 17.7 Å². The van der Waals surface area contributed by atoms with Gasteiger partial charge in [0, 0.05) is 5.69 Å². The van der Waals surface area contributed by atoms with Crippen LogP contribution in [0, 0.1) is 24.2 Å². The number of carbonyl (C=O) groups is 2. The fourth-order valence-corrected chi connectivity index (χ4v) is 2.09. The molecule has 0 aliphatic carbocycles. The Kier molecular flexibility index (Phi) is 4.40. The van der Waals surface area contributed by atoms with E-state index in [0.29, 0.717) is 11.3 Å². The number of nitriles is 1. The second-order valence-electron chi connectivity index (χ2n) is 4.83. The molecular weight excluding hydrogens is 274 g/mol. The van der Waals surface area contributed by atoms with E-state index in [9.17, 15) is 9.59 Å². The quantitative estimate of drug-likeness (QED) is 0.771. The van der Waals surface area contributed by atoms with Gasteiger partial charge in [-0.3, -0.25) is 4.79 Å². The van der Waals surface area contributed by atoms with Crippen molar-refractivity contribution in [3.8, 4) is 6.07 Å². The van der Waals surface area contributed by atoms with Crippen molar-refractivity contribution in [1.82, 2.24) is 5.32 Å². The first-order chi connectivity index (χ1) is 10.0. The van der Waals surface area contributed by atoms with Crippen molar-refractivity contribution in [2.24, 2.45) is 5.92 Å². The minimum atomic E-state index is -1.000. The van der Waals surface area contributed by atoms with Crippen molar-refractivity contribution in [2.45, 2.75) is 13.0 Å². The topological polar surface area (TPSA) is 111 Å². The zero-order chi connectivity index (χ0) is 15.4. The first-order valence-electron chi connectivity index (χ1n) is 6.40. The normalized spacial score (nSPS) is 20.6. The van der Waals surface area contributed by atoms with E-state index in [-0.39, 0.29) is 13.2 Å². The summed E-state index contributed by atoms with van der Waals surface area (Å²) in [5.74, 6) is -1.75. The Morgan fingerprint density at radius 2 is 2.19 bits per heavy atom. The van der Waals surface area contributed by atoms with E-state index in [4.69, 9.17) is 15.1 Å². The third-order valence-corrected chi connectivity index (χ3v) is 3.33. The summed E-state index contributed by atoms with van der Waals surface area (Å²) in [5, 5.41) is 23.1. The van der Waals surface area contributed by atoms with Crippen LogP contribution in [0.3, 0.4) is 0 Å². The number of hydrogen-bond acceptors (Lipinski definition) is 4. The molecule has 2 amide bonds. The van der Waals surface area contributed by atoms with Gasteiger partial charge in [0.2, 0.25) is 0 Å². The Bertz CT molecular complexity index is 609. The Balaban J connectivity index is 2.02. The van der Waals surface area contributed by atoms with Crippen molar-refractivity contribution < 1.29 is 19.4 Å². The van der Waals surface area contributed by atoms with E-state index >= 15 is 0 Å². The van der Waals surface area contributed by atoms with Gasteiger partial charge in [-0.05, 0) is 24.6 Å². The lowest BCUT2D eigenvalue weighted by molar-refractivity contribution is -0.142. The molecule has 1 aromatic carbocycles. The third kappa shape index (κ3) is 3.49. The number of ether oxygens (including phenoxy) is 1.